The number of methoxy groups -OCH3 is 1. The summed E-state index contributed by atoms with van der Waals surface area (Å²) in [5.41, 5.74) is 0. The summed E-state index contributed by atoms with van der Waals surface area (Å²) >= 11 is 5.96. The lowest BCUT2D eigenvalue weighted by molar-refractivity contribution is -0.0583. The van der Waals surface area contributed by atoms with E-state index in [1.54, 1.807) is 18.0 Å². The summed E-state index contributed by atoms with van der Waals surface area (Å²) in [5.74, 6) is 0.767. The molecule has 4 nitrogen and oxygen atoms in total. The topological polar surface area (TPSA) is 36.3 Å². The summed E-state index contributed by atoms with van der Waals surface area (Å²) in [5, 5.41) is 4.09. The highest BCUT2D eigenvalue weighted by Crippen LogP contribution is 2.32. The second-order valence-corrected chi connectivity index (χ2v) is 4.02. The Morgan fingerprint density at radius 1 is 1.64 bits per heavy atom. The van der Waals surface area contributed by atoms with Crippen molar-refractivity contribution in [3.8, 4) is 5.75 Å². The molecular formula is C9H13ClN2O2. The van der Waals surface area contributed by atoms with Gasteiger partial charge in [0.2, 0.25) is 0 Å². The molecule has 78 valence electrons. The van der Waals surface area contributed by atoms with Crippen LogP contribution in [0.25, 0.3) is 0 Å². The van der Waals surface area contributed by atoms with Crippen molar-refractivity contribution in [1.29, 1.82) is 0 Å². The van der Waals surface area contributed by atoms with Crippen LogP contribution in [0.2, 0.25) is 0 Å². The minimum atomic E-state index is -0.00290. The molecule has 0 radical (unpaired) electrons. The molecule has 0 aromatic carbocycles. The third-order valence-electron chi connectivity index (χ3n) is 2.42. The highest BCUT2D eigenvalue weighted by atomic mass is 35.5. The van der Waals surface area contributed by atoms with Gasteiger partial charge < -0.3 is 9.47 Å². The van der Waals surface area contributed by atoms with Crippen LogP contribution in [-0.4, -0.2) is 34.5 Å². The van der Waals surface area contributed by atoms with Crippen molar-refractivity contribution in [2.75, 3.05) is 7.11 Å². The van der Waals surface area contributed by atoms with Gasteiger partial charge in [0.1, 0.15) is 12.2 Å². The first-order chi connectivity index (χ1) is 6.70. The van der Waals surface area contributed by atoms with Crippen LogP contribution in [0.15, 0.2) is 12.4 Å². The molecule has 1 aliphatic carbocycles. The third kappa shape index (κ3) is 1.72. The number of nitrogens with zero attached hydrogens (tertiary/aromatic N) is 2. The van der Waals surface area contributed by atoms with E-state index >= 15 is 0 Å². The molecule has 5 heteroatoms. The molecule has 0 amide bonds. The Balaban J connectivity index is 1.93. The average Bonchev–Trinajstić information content (AvgIpc) is 2.51. The van der Waals surface area contributed by atoms with Crippen LogP contribution in [0.1, 0.15) is 6.42 Å². The van der Waals surface area contributed by atoms with Crippen LogP contribution < -0.4 is 4.74 Å². The van der Waals surface area contributed by atoms with E-state index in [0.717, 1.165) is 12.2 Å². The first kappa shape index (κ1) is 9.80. The van der Waals surface area contributed by atoms with E-state index in [4.69, 9.17) is 21.1 Å². The molecule has 2 rings (SSSR count). The Kier molecular flexibility index (Phi) is 2.65. The zero-order valence-electron chi connectivity index (χ0n) is 8.18. The minimum Gasteiger partial charge on any atom is -0.484 e. The first-order valence-electron chi connectivity index (χ1n) is 4.53. The number of aryl methyl sites for hydroxylation is 1. The molecule has 14 heavy (non-hydrogen) atoms. The van der Waals surface area contributed by atoms with E-state index in [2.05, 4.69) is 5.10 Å². The van der Waals surface area contributed by atoms with Gasteiger partial charge >= 0.3 is 0 Å². The summed E-state index contributed by atoms with van der Waals surface area (Å²) in [6.45, 7) is 0. The number of hydrogen-bond acceptors (Lipinski definition) is 3. The number of ether oxygens (including phenoxy) is 2. The highest BCUT2D eigenvalue weighted by Gasteiger charge is 2.42. The number of halogens is 1. The van der Waals surface area contributed by atoms with Crippen molar-refractivity contribution < 1.29 is 9.47 Å². The summed E-state index contributed by atoms with van der Waals surface area (Å²) in [4.78, 5) is 0. The molecule has 1 heterocycles. The number of alkyl halides is 1. The van der Waals surface area contributed by atoms with E-state index in [1.807, 2.05) is 13.2 Å². The molecule has 1 aromatic rings. The molecule has 0 aliphatic heterocycles. The Labute approximate surface area is 87.8 Å². The zero-order chi connectivity index (χ0) is 10.1. The summed E-state index contributed by atoms with van der Waals surface area (Å²) < 4.78 is 12.6. The van der Waals surface area contributed by atoms with Crippen LogP contribution in [0.3, 0.4) is 0 Å². The van der Waals surface area contributed by atoms with Crippen LogP contribution >= 0.6 is 11.6 Å². The van der Waals surface area contributed by atoms with E-state index < -0.39 is 0 Å². The van der Waals surface area contributed by atoms with Crippen molar-refractivity contribution >= 4 is 11.6 Å². The van der Waals surface area contributed by atoms with Gasteiger partial charge in [-0.3, -0.25) is 4.68 Å². The fourth-order valence-electron chi connectivity index (χ4n) is 1.58. The van der Waals surface area contributed by atoms with Crippen LogP contribution in [0.4, 0.5) is 0 Å². The lowest BCUT2D eigenvalue weighted by atomic mass is 9.91. The van der Waals surface area contributed by atoms with Gasteiger partial charge in [-0.15, -0.1) is 11.6 Å². The van der Waals surface area contributed by atoms with Gasteiger partial charge in [0, 0.05) is 20.6 Å². The highest BCUT2D eigenvalue weighted by molar-refractivity contribution is 6.21. The molecule has 3 atom stereocenters. The van der Waals surface area contributed by atoms with Gasteiger partial charge in [0.05, 0.1) is 17.8 Å². The Hall–Kier alpha value is -0.740. The second kappa shape index (κ2) is 3.79. The maximum absolute atomic E-state index is 5.96. The monoisotopic (exact) mass is 216 g/mol. The third-order valence-corrected chi connectivity index (χ3v) is 2.85. The van der Waals surface area contributed by atoms with E-state index in [-0.39, 0.29) is 17.6 Å². The van der Waals surface area contributed by atoms with Crippen LogP contribution in [0.5, 0.6) is 5.75 Å². The standard InChI is InChI=1S/C9H13ClN2O2/c1-12-5-6(4-11-12)14-8-3-7(10)9(8)13-2/h4-5,7-9H,3H2,1-2H3. The maximum Gasteiger partial charge on any atom is 0.157 e. The molecule has 1 fully saturated rings. The average molecular weight is 217 g/mol. The van der Waals surface area contributed by atoms with E-state index in [1.165, 1.54) is 0 Å². The second-order valence-electron chi connectivity index (χ2n) is 3.46. The molecule has 3 unspecified atom stereocenters. The fraction of sp³-hybridized carbons (Fsp3) is 0.667. The number of rotatable bonds is 3. The molecule has 1 aliphatic rings. The molecule has 1 aromatic heterocycles. The molecule has 0 N–H and O–H groups in total. The Morgan fingerprint density at radius 2 is 2.43 bits per heavy atom. The lowest BCUT2D eigenvalue weighted by Crippen LogP contribution is -2.52. The van der Waals surface area contributed by atoms with Gasteiger partial charge in [-0.05, 0) is 0 Å². The molecule has 0 bridgehead atoms. The maximum atomic E-state index is 5.96. The predicted molar refractivity (Wildman–Crippen MR) is 52.7 cm³/mol. The predicted octanol–water partition coefficient (Wildman–Crippen LogP) is 1.19. The number of aromatic nitrogens is 2. The van der Waals surface area contributed by atoms with E-state index in [0.29, 0.717) is 0 Å². The van der Waals surface area contributed by atoms with Crippen LogP contribution in [0, 0.1) is 0 Å². The molecule has 0 saturated heterocycles. The van der Waals surface area contributed by atoms with Crippen molar-refractivity contribution in [3.05, 3.63) is 12.4 Å². The SMILES string of the molecule is COC1C(Cl)CC1Oc1cnn(C)c1. The number of hydrogen-bond donors (Lipinski definition) is 0. The molecule has 0 spiro atoms. The van der Waals surface area contributed by atoms with Crippen molar-refractivity contribution in [2.24, 2.45) is 7.05 Å². The van der Waals surface area contributed by atoms with Crippen molar-refractivity contribution in [1.82, 2.24) is 9.78 Å². The quantitative estimate of drug-likeness (QED) is 0.713. The zero-order valence-corrected chi connectivity index (χ0v) is 8.94. The summed E-state index contributed by atoms with van der Waals surface area (Å²) in [7, 11) is 3.50. The Bertz CT molecular complexity index is 316. The van der Waals surface area contributed by atoms with E-state index in [9.17, 15) is 0 Å². The smallest absolute Gasteiger partial charge is 0.157 e. The lowest BCUT2D eigenvalue weighted by Gasteiger charge is -2.39. The van der Waals surface area contributed by atoms with Gasteiger partial charge in [0.25, 0.3) is 0 Å². The summed E-state index contributed by atoms with van der Waals surface area (Å²) in [6, 6.07) is 0. The van der Waals surface area contributed by atoms with Gasteiger partial charge in [-0.1, -0.05) is 0 Å². The molecule has 1 saturated carbocycles. The van der Waals surface area contributed by atoms with Gasteiger partial charge in [-0.2, -0.15) is 5.10 Å². The van der Waals surface area contributed by atoms with Crippen molar-refractivity contribution in [2.45, 2.75) is 24.0 Å². The fourth-order valence-corrected chi connectivity index (χ4v) is 2.02. The normalized spacial score (nSPS) is 31.2. The van der Waals surface area contributed by atoms with Gasteiger partial charge in [-0.25, -0.2) is 0 Å². The minimum absolute atomic E-state index is 0.00290. The van der Waals surface area contributed by atoms with Crippen LogP contribution in [-0.2, 0) is 11.8 Å². The first-order valence-corrected chi connectivity index (χ1v) is 4.96. The summed E-state index contributed by atoms with van der Waals surface area (Å²) in [6.07, 6.45) is 4.40. The van der Waals surface area contributed by atoms with Crippen molar-refractivity contribution in [3.63, 3.8) is 0 Å². The molecular weight excluding hydrogens is 204 g/mol. The largest absolute Gasteiger partial charge is 0.484 e. The Morgan fingerprint density at radius 3 is 2.93 bits per heavy atom. The van der Waals surface area contributed by atoms with Gasteiger partial charge in [0.15, 0.2) is 5.75 Å².